The van der Waals surface area contributed by atoms with Crippen LogP contribution in [-0.2, 0) is 0 Å². The van der Waals surface area contributed by atoms with Gasteiger partial charge in [0.2, 0.25) is 0 Å². The predicted molar refractivity (Wildman–Crippen MR) is 57.0 cm³/mol. The van der Waals surface area contributed by atoms with Gasteiger partial charge in [-0.3, -0.25) is 0 Å². The van der Waals surface area contributed by atoms with Crippen LogP contribution in [0.25, 0.3) is 0 Å². The van der Waals surface area contributed by atoms with Crippen LogP contribution >= 0.6 is 0 Å². The number of allylic oxidation sites excluding steroid dienone is 3. The van der Waals surface area contributed by atoms with Gasteiger partial charge in [0.15, 0.2) is 0 Å². The maximum Gasteiger partial charge on any atom is -0.0348 e. The zero-order chi connectivity index (χ0) is 9.07. The van der Waals surface area contributed by atoms with E-state index in [1.807, 2.05) is 12.2 Å². The minimum atomic E-state index is 1.20. The predicted octanol–water partition coefficient (Wildman–Crippen LogP) is 4.29. The Morgan fingerprint density at radius 3 is 2.50 bits per heavy atom. The number of unbranched alkanes of at least 4 members (excludes halogenated alkanes) is 6. The Labute approximate surface area is 77.4 Å². The highest BCUT2D eigenvalue weighted by molar-refractivity contribution is 4.96. The van der Waals surface area contributed by atoms with Crippen LogP contribution < -0.4 is 0 Å². The first-order valence-electron chi connectivity index (χ1n) is 5.01. The topological polar surface area (TPSA) is 0 Å². The van der Waals surface area contributed by atoms with E-state index in [1.165, 1.54) is 38.5 Å². The highest BCUT2D eigenvalue weighted by Gasteiger charge is 1.87. The van der Waals surface area contributed by atoms with Crippen LogP contribution in [0.2, 0.25) is 0 Å². The van der Waals surface area contributed by atoms with Crippen molar-refractivity contribution < 1.29 is 0 Å². The van der Waals surface area contributed by atoms with Gasteiger partial charge in [-0.2, -0.15) is 0 Å². The van der Waals surface area contributed by atoms with E-state index in [1.54, 1.807) is 0 Å². The molecule has 0 amide bonds. The van der Waals surface area contributed by atoms with E-state index < -0.39 is 0 Å². The van der Waals surface area contributed by atoms with Crippen LogP contribution in [0.4, 0.5) is 0 Å². The summed E-state index contributed by atoms with van der Waals surface area (Å²) in [6.07, 6.45) is 16.1. The number of hydrogen-bond donors (Lipinski definition) is 0. The molecule has 0 aliphatic rings. The lowest BCUT2D eigenvalue weighted by atomic mass is 10.1. The molecule has 0 aromatic rings. The molecule has 0 heterocycles. The third-order valence-corrected chi connectivity index (χ3v) is 1.79. The SMILES string of the molecule is C=C/C=C/CCCC[CH]CCC. The molecule has 0 bridgehead atoms. The molecular weight excluding hydrogens is 144 g/mol. The second kappa shape index (κ2) is 10.5. The summed E-state index contributed by atoms with van der Waals surface area (Å²) in [5.41, 5.74) is 0. The van der Waals surface area contributed by atoms with Crippen molar-refractivity contribution in [2.24, 2.45) is 0 Å². The summed E-state index contributed by atoms with van der Waals surface area (Å²) in [5.74, 6) is 0. The first-order valence-corrected chi connectivity index (χ1v) is 5.01. The highest BCUT2D eigenvalue weighted by atomic mass is 13.9. The Kier molecular flexibility index (Phi) is 10.0. The maximum absolute atomic E-state index is 3.63. The summed E-state index contributed by atoms with van der Waals surface area (Å²) in [6, 6.07) is 0. The molecule has 0 aliphatic heterocycles. The normalized spacial score (nSPS) is 10.8. The summed E-state index contributed by atoms with van der Waals surface area (Å²) in [6.45, 7) is 5.85. The molecule has 0 saturated heterocycles. The standard InChI is InChI=1S/C12H21/c1-3-5-7-9-11-12-10-8-6-4-2/h3,5,7-8H,1,4,6,9-12H2,2H3/b7-5+. The highest BCUT2D eigenvalue weighted by Crippen LogP contribution is 2.05. The molecule has 12 heavy (non-hydrogen) atoms. The molecule has 1 radical (unpaired) electrons. The van der Waals surface area contributed by atoms with Gasteiger partial charge in [0.05, 0.1) is 0 Å². The van der Waals surface area contributed by atoms with Crippen LogP contribution in [0.5, 0.6) is 0 Å². The summed E-state index contributed by atoms with van der Waals surface area (Å²) in [4.78, 5) is 0. The lowest BCUT2D eigenvalue weighted by Crippen LogP contribution is -1.78. The average Bonchev–Trinajstić information content (AvgIpc) is 2.10. The molecule has 0 spiro atoms. The summed E-state index contributed by atoms with van der Waals surface area (Å²) >= 11 is 0. The van der Waals surface area contributed by atoms with Gasteiger partial charge in [0.1, 0.15) is 0 Å². The van der Waals surface area contributed by atoms with E-state index in [-0.39, 0.29) is 0 Å². The molecule has 0 heteroatoms. The van der Waals surface area contributed by atoms with Gasteiger partial charge in [-0.15, -0.1) is 0 Å². The first-order chi connectivity index (χ1) is 5.91. The van der Waals surface area contributed by atoms with Crippen molar-refractivity contribution in [2.75, 3.05) is 0 Å². The van der Waals surface area contributed by atoms with Gasteiger partial charge >= 0.3 is 0 Å². The summed E-state index contributed by atoms with van der Waals surface area (Å²) in [7, 11) is 0. The minimum Gasteiger partial charge on any atom is -0.0991 e. The molecule has 0 saturated carbocycles. The molecule has 0 unspecified atom stereocenters. The lowest BCUT2D eigenvalue weighted by molar-refractivity contribution is 0.708. The van der Waals surface area contributed by atoms with Gasteiger partial charge in [-0.1, -0.05) is 57.4 Å². The Morgan fingerprint density at radius 1 is 1.08 bits per heavy atom. The first kappa shape index (κ1) is 11.5. The van der Waals surface area contributed by atoms with Crippen molar-refractivity contribution in [3.05, 3.63) is 31.2 Å². The Hall–Kier alpha value is -0.520. The van der Waals surface area contributed by atoms with E-state index in [4.69, 9.17) is 0 Å². The molecule has 0 N–H and O–H groups in total. The molecule has 0 aromatic carbocycles. The van der Waals surface area contributed by atoms with Crippen LogP contribution in [0.3, 0.4) is 0 Å². The van der Waals surface area contributed by atoms with Gasteiger partial charge in [-0.25, -0.2) is 0 Å². The third kappa shape index (κ3) is 9.48. The summed E-state index contributed by atoms with van der Waals surface area (Å²) in [5, 5.41) is 0. The van der Waals surface area contributed by atoms with E-state index >= 15 is 0 Å². The van der Waals surface area contributed by atoms with Crippen LogP contribution in [0.1, 0.15) is 45.4 Å². The second-order valence-corrected chi connectivity index (χ2v) is 3.03. The van der Waals surface area contributed by atoms with Crippen molar-refractivity contribution in [2.45, 2.75) is 45.4 Å². The van der Waals surface area contributed by atoms with Crippen molar-refractivity contribution in [1.82, 2.24) is 0 Å². The maximum atomic E-state index is 3.63. The molecule has 0 nitrogen and oxygen atoms in total. The zero-order valence-corrected chi connectivity index (χ0v) is 8.26. The smallest absolute Gasteiger partial charge is 0.0348 e. The van der Waals surface area contributed by atoms with Gasteiger partial charge < -0.3 is 0 Å². The number of rotatable bonds is 8. The molecular formula is C12H21. The second-order valence-electron chi connectivity index (χ2n) is 3.03. The number of hydrogen-bond acceptors (Lipinski definition) is 0. The summed E-state index contributed by atoms with van der Waals surface area (Å²) < 4.78 is 0. The molecule has 0 aliphatic carbocycles. The third-order valence-electron chi connectivity index (χ3n) is 1.79. The van der Waals surface area contributed by atoms with Crippen LogP contribution in [0.15, 0.2) is 24.8 Å². The Morgan fingerprint density at radius 2 is 1.83 bits per heavy atom. The van der Waals surface area contributed by atoms with E-state index in [0.717, 1.165) is 0 Å². The van der Waals surface area contributed by atoms with Gasteiger partial charge in [0.25, 0.3) is 0 Å². The average molecular weight is 165 g/mol. The fourth-order valence-electron chi connectivity index (χ4n) is 1.09. The van der Waals surface area contributed by atoms with Crippen molar-refractivity contribution in [1.29, 1.82) is 0 Å². The minimum absolute atomic E-state index is 1.20. The Balaban J connectivity index is 2.90. The fourth-order valence-corrected chi connectivity index (χ4v) is 1.09. The zero-order valence-electron chi connectivity index (χ0n) is 8.26. The quantitative estimate of drug-likeness (QED) is 0.372. The van der Waals surface area contributed by atoms with E-state index in [9.17, 15) is 0 Å². The van der Waals surface area contributed by atoms with Crippen molar-refractivity contribution >= 4 is 0 Å². The molecule has 0 aromatic heterocycles. The van der Waals surface area contributed by atoms with E-state index in [0.29, 0.717) is 0 Å². The van der Waals surface area contributed by atoms with Crippen molar-refractivity contribution in [3.8, 4) is 0 Å². The van der Waals surface area contributed by atoms with Gasteiger partial charge in [0, 0.05) is 0 Å². The van der Waals surface area contributed by atoms with Crippen molar-refractivity contribution in [3.63, 3.8) is 0 Å². The molecule has 0 rings (SSSR count). The fraction of sp³-hybridized carbons (Fsp3) is 0.583. The molecule has 0 atom stereocenters. The van der Waals surface area contributed by atoms with Crippen LogP contribution in [-0.4, -0.2) is 0 Å². The molecule has 69 valence electrons. The largest absolute Gasteiger partial charge is 0.0991 e. The lowest BCUT2D eigenvalue weighted by Gasteiger charge is -1.96. The Bertz CT molecular complexity index is 111. The van der Waals surface area contributed by atoms with Crippen LogP contribution in [0, 0.1) is 6.42 Å². The molecule has 0 fully saturated rings. The van der Waals surface area contributed by atoms with E-state index in [2.05, 4.69) is 26.0 Å². The van der Waals surface area contributed by atoms with Gasteiger partial charge in [-0.05, 0) is 19.3 Å². The monoisotopic (exact) mass is 165 g/mol.